The molecule has 1 aliphatic rings. The molecule has 0 spiro atoms. The van der Waals surface area contributed by atoms with Crippen molar-refractivity contribution in [2.75, 3.05) is 13.1 Å². The zero-order valence-electron chi connectivity index (χ0n) is 5.35. The van der Waals surface area contributed by atoms with Gasteiger partial charge in [-0.25, -0.2) is 0 Å². The van der Waals surface area contributed by atoms with Crippen LogP contribution >= 0.6 is 0 Å². The van der Waals surface area contributed by atoms with Crippen molar-refractivity contribution in [3.05, 3.63) is 7.05 Å². The largest absolute Gasteiger partial charge is 0.458 e. The molecule has 0 aromatic rings. The van der Waals surface area contributed by atoms with Crippen molar-refractivity contribution in [2.45, 2.75) is 18.9 Å². The topological polar surface area (TPSA) is 29.3 Å². The van der Waals surface area contributed by atoms with Crippen LogP contribution in [0.1, 0.15) is 13.3 Å². The van der Waals surface area contributed by atoms with Crippen LogP contribution in [0.3, 0.4) is 0 Å². The SMILES string of the molecule is [CH2-]N1CC[C@@](C)(N)C1. The summed E-state index contributed by atoms with van der Waals surface area (Å²) in [6.45, 7) is 4.05. The fourth-order valence-corrected chi connectivity index (χ4v) is 1.08. The Balaban J connectivity index is 2.44. The molecular formula is C6H13N2-. The summed E-state index contributed by atoms with van der Waals surface area (Å²) >= 11 is 0. The van der Waals surface area contributed by atoms with Gasteiger partial charge in [0.1, 0.15) is 0 Å². The zero-order valence-corrected chi connectivity index (χ0v) is 5.35. The predicted octanol–water partition coefficient (Wildman–Crippen LogP) is 0.201. The highest BCUT2D eigenvalue weighted by Crippen LogP contribution is 2.15. The van der Waals surface area contributed by atoms with E-state index in [2.05, 4.69) is 14.0 Å². The maximum atomic E-state index is 5.79. The average molecular weight is 113 g/mol. The van der Waals surface area contributed by atoms with Crippen LogP contribution in [-0.2, 0) is 0 Å². The summed E-state index contributed by atoms with van der Waals surface area (Å²) in [5, 5.41) is 0. The Morgan fingerprint density at radius 2 is 2.38 bits per heavy atom. The third-order valence-corrected chi connectivity index (χ3v) is 1.58. The molecule has 1 fully saturated rings. The molecule has 0 aromatic heterocycles. The van der Waals surface area contributed by atoms with Gasteiger partial charge in [0.25, 0.3) is 0 Å². The Kier molecular flexibility index (Phi) is 1.29. The molecule has 48 valence electrons. The van der Waals surface area contributed by atoms with Crippen molar-refractivity contribution < 1.29 is 0 Å². The molecule has 0 bridgehead atoms. The van der Waals surface area contributed by atoms with Gasteiger partial charge < -0.3 is 10.6 Å². The normalized spacial score (nSPS) is 40.9. The number of nitrogens with two attached hydrogens (primary N) is 1. The molecule has 2 nitrogen and oxygen atoms in total. The van der Waals surface area contributed by atoms with Crippen LogP contribution in [0.5, 0.6) is 0 Å². The first-order chi connectivity index (χ1) is 3.60. The van der Waals surface area contributed by atoms with E-state index in [1.807, 2.05) is 4.90 Å². The summed E-state index contributed by atoms with van der Waals surface area (Å²) in [6, 6.07) is 0. The van der Waals surface area contributed by atoms with E-state index >= 15 is 0 Å². The standard InChI is InChI=1S/C6H13N2/c1-6(7)3-4-8(2)5-6/h2-5,7H2,1H3/q-1/t6-/m1/s1. The van der Waals surface area contributed by atoms with E-state index in [0.717, 1.165) is 19.5 Å². The Morgan fingerprint density at radius 3 is 2.50 bits per heavy atom. The van der Waals surface area contributed by atoms with Crippen LogP contribution in [0, 0.1) is 7.05 Å². The minimum Gasteiger partial charge on any atom is -0.458 e. The van der Waals surface area contributed by atoms with Gasteiger partial charge in [-0.1, -0.05) is 0 Å². The van der Waals surface area contributed by atoms with Gasteiger partial charge in [0, 0.05) is 5.54 Å². The van der Waals surface area contributed by atoms with Gasteiger partial charge in [-0.3, -0.25) is 7.05 Å². The molecule has 1 atom stereocenters. The first-order valence-electron chi connectivity index (χ1n) is 2.94. The molecule has 0 saturated carbocycles. The van der Waals surface area contributed by atoms with Crippen LogP contribution in [0.15, 0.2) is 0 Å². The molecule has 1 aliphatic heterocycles. The van der Waals surface area contributed by atoms with Crippen LogP contribution in [0.25, 0.3) is 0 Å². The van der Waals surface area contributed by atoms with Gasteiger partial charge in [-0.05, 0) is 26.4 Å². The predicted molar refractivity (Wildman–Crippen MR) is 34.1 cm³/mol. The lowest BCUT2D eigenvalue weighted by molar-refractivity contribution is 0.414. The Labute approximate surface area is 50.7 Å². The maximum Gasteiger partial charge on any atom is 0.0241 e. The monoisotopic (exact) mass is 113 g/mol. The quantitative estimate of drug-likeness (QED) is 0.455. The highest BCUT2D eigenvalue weighted by atomic mass is 15.1. The molecule has 1 saturated heterocycles. The van der Waals surface area contributed by atoms with Gasteiger partial charge in [0.2, 0.25) is 0 Å². The van der Waals surface area contributed by atoms with Crippen molar-refractivity contribution in [3.8, 4) is 0 Å². The minimum atomic E-state index is 0.0295. The highest BCUT2D eigenvalue weighted by Gasteiger charge is 2.23. The fourth-order valence-electron chi connectivity index (χ4n) is 1.08. The van der Waals surface area contributed by atoms with E-state index in [0.29, 0.717) is 0 Å². The Morgan fingerprint density at radius 1 is 1.75 bits per heavy atom. The number of rotatable bonds is 0. The number of hydrogen-bond acceptors (Lipinski definition) is 2. The summed E-state index contributed by atoms with van der Waals surface area (Å²) in [7, 11) is 3.79. The summed E-state index contributed by atoms with van der Waals surface area (Å²) in [6.07, 6.45) is 1.08. The minimum absolute atomic E-state index is 0.0295. The van der Waals surface area contributed by atoms with Crippen molar-refractivity contribution >= 4 is 0 Å². The lowest BCUT2D eigenvalue weighted by Gasteiger charge is -2.20. The second kappa shape index (κ2) is 1.71. The molecule has 0 aliphatic carbocycles. The lowest BCUT2D eigenvalue weighted by atomic mass is 10.0. The van der Waals surface area contributed by atoms with Crippen molar-refractivity contribution in [2.24, 2.45) is 5.73 Å². The molecule has 0 amide bonds. The molecule has 8 heavy (non-hydrogen) atoms. The van der Waals surface area contributed by atoms with Gasteiger partial charge in [0.15, 0.2) is 0 Å². The molecule has 0 aromatic carbocycles. The van der Waals surface area contributed by atoms with Gasteiger partial charge in [-0.2, -0.15) is 0 Å². The van der Waals surface area contributed by atoms with Crippen LogP contribution in [0.4, 0.5) is 0 Å². The summed E-state index contributed by atoms with van der Waals surface area (Å²) in [5.41, 5.74) is 5.82. The third-order valence-electron chi connectivity index (χ3n) is 1.58. The molecule has 1 rings (SSSR count). The Bertz CT molecular complexity index is 88.5. The zero-order chi connectivity index (χ0) is 6.20. The smallest absolute Gasteiger partial charge is 0.0241 e. The van der Waals surface area contributed by atoms with E-state index in [-0.39, 0.29) is 5.54 Å². The molecule has 1 heterocycles. The van der Waals surface area contributed by atoms with Crippen molar-refractivity contribution in [1.82, 2.24) is 4.90 Å². The second-order valence-electron chi connectivity index (χ2n) is 2.96. The van der Waals surface area contributed by atoms with E-state index < -0.39 is 0 Å². The van der Waals surface area contributed by atoms with Crippen LogP contribution < -0.4 is 5.73 Å². The van der Waals surface area contributed by atoms with Gasteiger partial charge in [0.05, 0.1) is 0 Å². The van der Waals surface area contributed by atoms with Crippen LogP contribution in [-0.4, -0.2) is 23.5 Å². The summed E-state index contributed by atoms with van der Waals surface area (Å²) < 4.78 is 0. The van der Waals surface area contributed by atoms with Crippen LogP contribution in [0.2, 0.25) is 0 Å². The van der Waals surface area contributed by atoms with E-state index in [9.17, 15) is 0 Å². The summed E-state index contributed by atoms with van der Waals surface area (Å²) in [4.78, 5) is 2.01. The number of likely N-dealkylation sites (tertiary alicyclic amines) is 1. The maximum absolute atomic E-state index is 5.79. The number of hydrogen-bond donors (Lipinski definition) is 1. The first kappa shape index (κ1) is 6.05. The molecule has 2 N–H and O–H groups in total. The molecule has 0 unspecified atom stereocenters. The average Bonchev–Trinajstić information content (AvgIpc) is 1.82. The lowest BCUT2D eigenvalue weighted by Crippen LogP contribution is -2.37. The molecular weight excluding hydrogens is 100 g/mol. The van der Waals surface area contributed by atoms with Gasteiger partial charge >= 0.3 is 0 Å². The Hall–Kier alpha value is -0.0800. The van der Waals surface area contributed by atoms with Gasteiger partial charge in [-0.15, -0.1) is 0 Å². The van der Waals surface area contributed by atoms with Crippen molar-refractivity contribution in [1.29, 1.82) is 0 Å². The third kappa shape index (κ3) is 1.20. The first-order valence-corrected chi connectivity index (χ1v) is 2.94. The molecule has 0 radical (unpaired) electrons. The van der Waals surface area contributed by atoms with E-state index in [1.165, 1.54) is 0 Å². The molecule has 2 heteroatoms. The second-order valence-corrected chi connectivity index (χ2v) is 2.96. The highest BCUT2D eigenvalue weighted by molar-refractivity contribution is 4.89. The van der Waals surface area contributed by atoms with E-state index in [1.54, 1.807) is 0 Å². The fraction of sp³-hybridized carbons (Fsp3) is 0.833. The van der Waals surface area contributed by atoms with E-state index in [4.69, 9.17) is 5.73 Å². The number of nitrogens with zero attached hydrogens (tertiary/aromatic N) is 1. The van der Waals surface area contributed by atoms with Crippen molar-refractivity contribution in [3.63, 3.8) is 0 Å². The summed E-state index contributed by atoms with van der Waals surface area (Å²) in [5.74, 6) is 0.